The zero-order chi connectivity index (χ0) is 13.5. The summed E-state index contributed by atoms with van der Waals surface area (Å²) in [5, 5.41) is 14.1. The summed E-state index contributed by atoms with van der Waals surface area (Å²) >= 11 is 0. The van der Waals surface area contributed by atoms with E-state index in [0.717, 1.165) is 25.2 Å². The molecule has 0 aliphatic heterocycles. The van der Waals surface area contributed by atoms with E-state index in [9.17, 15) is 5.11 Å². The smallest absolute Gasteiger partial charge is 0.0712 e. The fourth-order valence-electron chi connectivity index (χ4n) is 2.00. The zero-order valence-electron chi connectivity index (χ0n) is 11.3. The van der Waals surface area contributed by atoms with Gasteiger partial charge in [-0.3, -0.25) is 4.68 Å². The Labute approximate surface area is 114 Å². The molecule has 0 fully saturated rings. The molecule has 0 spiro atoms. The third-order valence-corrected chi connectivity index (χ3v) is 3.18. The molecule has 0 radical (unpaired) electrons. The minimum Gasteiger partial charge on any atom is -0.391 e. The molecule has 4 heteroatoms. The number of aliphatic hydroxyl groups excluding tert-OH is 1. The van der Waals surface area contributed by atoms with E-state index < -0.39 is 0 Å². The van der Waals surface area contributed by atoms with Crippen molar-refractivity contribution in [2.24, 2.45) is 0 Å². The quantitative estimate of drug-likeness (QED) is 0.828. The van der Waals surface area contributed by atoms with Gasteiger partial charge in [0, 0.05) is 31.2 Å². The SMILES string of the molecule is CCC(O)CN(CCn1cccn1)c1ccccc1. The second-order valence-electron chi connectivity index (χ2n) is 4.61. The second kappa shape index (κ2) is 6.95. The number of aliphatic hydroxyl groups is 1. The summed E-state index contributed by atoms with van der Waals surface area (Å²) in [6, 6.07) is 12.1. The molecule has 1 unspecified atom stereocenters. The highest BCUT2D eigenvalue weighted by Crippen LogP contribution is 2.14. The molecule has 2 aromatic rings. The van der Waals surface area contributed by atoms with Crippen LogP contribution >= 0.6 is 0 Å². The predicted molar refractivity (Wildman–Crippen MR) is 77.2 cm³/mol. The van der Waals surface area contributed by atoms with E-state index in [-0.39, 0.29) is 6.10 Å². The first-order valence-electron chi connectivity index (χ1n) is 6.75. The summed E-state index contributed by atoms with van der Waals surface area (Å²) in [4.78, 5) is 2.20. The maximum absolute atomic E-state index is 9.88. The molecule has 19 heavy (non-hydrogen) atoms. The van der Waals surface area contributed by atoms with Crippen LogP contribution < -0.4 is 4.90 Å². The summed E-state index contributed by atoms with van der Waals surface area (Å²) in [7, 11) is 0. The van der Waals surface area contributed by atoms with E-state index in [1.807, 2.05) is 42.1 Å². The molecule has 4 nitrogen and oxygen atoms in total. The molecule has 0 amide bonds. The lowest BCUT2D eigenvalue weighted by Crippen LogP contribution is -2.34. The van der Waals surface area contributed by atoms with Crippen LogP contribution in [0.25, 0.3) is 0 Å². The maximum atomic E-state index is 9.88. The van der Waals surface area contributed by atoms with Gasteiger partial charge < -0.3 is 10.0 Å². The van der Waals surface area contributed by atoms with E-state index in [2.05, 4.69) is 22.1 Å². The Morgan fingerprint density at radius 1 is 1.26 bits per heavy atom. The molecule has 0 bridgehead atoms. The van der Waals surface area contributed by atoms with Gasteiger partial charge in [-0.05, 0) is 24.6 Å². The van der Waals surface area contributed by atoms with Gasteiger partial charge in [-0.25, -0.2) is 0 Å². The molecule has 1 atom stereocenters. The summed E-state index contributed by atoms with van der Waals surface area (Å²) in [6.07, 6.45) is 4.22. The Morgan fingerprint density at radius 3 is 2.68 bits per heavy atom. The average molecular weight is 259 g/mol. The lowest BCUT2D eigenvalue weighted by Gasteiger charge is -2.27. The number of benzene rings is 1. The molecule has 1 aromatic heterocycles. The first-order valence-corrected chi connectivity index (χ1v) is 6.75. The first-order chi connectivity index (χ1) is 9.29. The molecule has 2 rings (SSSR count). The Bertz CT molecular complexity index is 456. The number of rotatable bonds is 7. The third-order valence-electron chi connectivity index (χ3n) is 3.18. The fraction of sp³-hybridized carbons (Fsp3) is 0.400. The molecule has 1 heterocycles. The Kier molecular flexibility index (Phi) is 4.98. The second-order valence-corrected chi connectivity index (χ2v) is 4.61. The fourth-order valence-corrected chi connectivity index (χ4v) is 2.00. The molecular weight excluding hydrogens is 238 g/mol. The zero-order valence-corrected chi connectivity index (χ0v) is 11.3. The average Bonchev–Trinajstić information content (AvgIpc) is 2.97. The molecule has 0 aliphatic rings. The maximum Gasteiger partial charge on any atom is 0.0712 e. The van der Waals surface area contributed by atoms with Crippen LogP contribution in [0.1, 0.15) is 13.3 Å². The Hall–Kier alpha value is -1.81. The highest BCUT2D eigenvalue weighted by atomic mass is 16.3. The number of hydrogen-bond acceptors (Lipinski definition) is 3. The number of para-hydroxylation sites is 1. The van der Waals surface area contributed by atoms with Gasteiger partial charge in [0.05, 0.1) is 12.6 Å². The van der Waals surface area contributed by atoms with Gasteiger partial charge in [-0.2, -0.15) is 5.10 Å². The molecular formula is C15H21N3O. The number of anilines is 1. The van der Waals surface area contributed by atoms with E-state index in [0.29, 0.717) is 6.54 Å². The Morgan fingerprint density at radius 2 is 2.05 bits per heavy atom. The van der Waals surface area contributed by atoms with Gasteiger partial charge in [0.25, 0.3) is 0 Å². The van der Waals surface area contributed by atoms with Crippen LogP contribution in [0.15, 0.2) is 48.8 Å². The van der Waals surface area contributed by atoms with Crippen LogP contribution in [0.5, 0.6) is 0 Å². The minimum atomic E-state index is -0.294. The molecule has 1 N–H and O–H groups in total. The van der Waals surface area contributed by atoms with E-state index in [4.69, 9.17) is 0 Å². The van der Waals surface area contributed by atoms with Crippen molar-refractivity contribution in [2.45, 2.75) is 26.0 Å². The summed E-state index contributed by atoms with van der Waals surface area (Å²) in [6.45, 7) is 4.31. The highest BCUT2D eigenvalue weighted by molar-refractivity contribution is 5.45. The summed E-state index contributed by atoms with van der Waals surface area (Å²) in [5.41, 5.74) is 1.14. The largest absolute Gasteiger partial charge is 0.391 e. The normalized spacial score (nSPS) is 12.3. The van der Waals surface area contributed by atoms with Crippen LogP contribution in [-0.2, 0) is 6.54 Å². The van der Waals surface area contributed by atoms with Crippen molar-refractivity contribution in [1.29, 1.82) is 0 Å². The standard InChI is InChI=1S/C15H21N3O/c1-2-15(19)13-17(14-7-4-3-5-8-14)11-12-18-10-6-9-16-18/h3-10,15,19H,2,11-13H2,1H3. The van der Waals surface area contributed by atoms with Crippen LogP contribution in [0, 0.1) is 0 Å². The monoisotopic (exact) mass is 259 g/mol. The van der Waals surface area contributed by atoms with Crippen molar-refractivity contribution in [2.75, 3.05) is 18.0 Å². The van der Waals surface area contributed by atoms with Crippen LogP contribution in [-0.4, -0.2) is 34.1 Å². The van der Waals surface area contributed by atoms with Crippen LogP contribution in [0.2, 0.25) is 0 Å². The van der Waals surface area contributed by atoms with Crippen LogP contribution in [0.4, 0.5) is 5.69 Å². The minimum absolute atomic E-state index is 0.294. The molecule has 1 aromatic carbocycles. The van der Waals surface area contributed by atoms with Gasteiger partial charge in [0.15, 0.2) is 0 Å². The van der Waals surface area contributed by atoms with Crippen molar-refractivity contribution in [1.82, 2.24) is 9.78 Å². The lowest BCUT2D eigenvalue weighted by molar-refractivity contribution is 0.175. The van der Waals surface area contributed by atoms with Crippen molar-refractivity contribution in [3.63, 3.8) is 0 Å². The lowest BCUT2D eigenvalue weighted by atomic mass is 10.2. The molecule has 102 valence electrons. The van der Waals surface area contributed by atoms with E-state index in [1.165, 1.54) is 0 Å². The highest BCUT2D eigenvalue weighted by Gasteiger charge is 2.11. The molecule has 0 saturated heterocycles. The molecule has 0 aliphatic carbocycles. The molecule has 0 saturated carbocycles. The number of nitrogens with zero attached hydrogens (tertiary/aromatic N) is 3. The summed E-state index contributed by atoms with van der Waals surface area (Å²) < 4.78 is 1.91. The van der Waals surface area contributed by atoms with Gasteiger partial charge >= 0.3 is 0 Å². The summed E-state index contributed by atoms with van der Waals surface area (Å²) in [5.74, 6) is 0. The van der Waals surface area contributed by atoms with E-state index >= 15 is 0 Å². The van der Waals surface area contributed by atoms with E-state index in [1.54, 1.807) is 6.20 Å². The third kappa shape index (κ3) is 4.10. The van der Waals surface area contributed by atoms with Crippen LogP contribution in [0.3, 0.4) is 0 Å². The van der Waals surface area contributed by atoms with Crippen molar-refractivity contribution < 1.29 is 5.11 Å². The topological polar surface area (TPSA) is 41.3 Å². The van der Waals surface area contributed by atoms with Gasteiger partial charge in [-0.15, -0.1) is 0 Å². The van der Waals surface area contributed by atoms with Crippen molar-refractivity contribution in [3.8, 4) is 0 Å². The predicted octanol–water partition coefficient (Wildman–Crippen LogP) is 2.16. The van der Waals surface area contributed by atoms with Crippen molar-refractivity contribution in [3.05, 3.63) is 48.8 Å². The first kappa shape index (κ1) is 13.6. The Balaban J connectivity index is 2.01. The number of aromatic nitrogens is 2. The van der Waals surface area contributed by atoms with Crippen molar-refractivity contribution >= 4 is 5.69 Å². The number of hydrogen-bond donors (Lipinski definition) is 1. The van der Waals surface area contributed by atoms with Gasteiger partial charge in [0.2, 0.25) is 0 Å². The van der Waals surface area contributed by atoms with Gasteiger partial charge in [-0.1, -0.05) is 25.1 Å². The van der Waals surface area contributed by atoms with Gasteiger partial charge in [0.1, 0.15) is 0 Å².